The van der Waals surface area contributed by atoms with Crippen LogP contribution in [0.5, 0.6) is 0 Å². The van der Waals surface area contributed by atoms with Crippen molar-refractivity contribution in [2.45, 2.75) is 26.7 Å². The summed E-state index contributed by atoms with van der Waals surface area (Å²) in [5.41, 5.74) is 8.62. The molecule has 1 saturated carbocycles. The summed E-state index contributed by atoms with van der Waals surface area (Å²) in [5, 5.41) is 0. The first-order valence-electron chi connectivity index (χ1n) is 9.07. The molecule has 2 aromatic rings. The van der Waals surface area contributed by atoms with Crippen molar-refractivity contribution in [2.24, 2.45) is 17.8 Å². The molecule has 0 spiro atoms. The van der Waals surface area contributed by atoms with Gasteiger partial charge in [-0.25, -0.2) is 0 Å². The van der Waals surface area contributed by atoms with E-state index in [1.165, 1.54) is 0 Å². The Balaban J connectivity index is 1.45. The second kappa shape index (κ2) is 6.48. The van der Waals surface area contributed by atoms with Gasteiger partial charge in [-0.1, -0.05) is 30.4 Å². The normalized spacial score (nSPS) is 23.2. The lowest BCUT2D eigenvalue weighted by atomic mass is 9.93. The number of allylic oxidation sites excluding steroid dienone is 2. The molecule has 1 aromatic carbocycles. The summed E-state index contributed by atoms with van der Waals surface area (Å²) in [6.45, 7) is 3.88. The molecule has 2 bridgehead atoms. The smallest absolute Gasteiger partial charge is 0.271 e. The minimum atomic E-state index is -0.285. The predicted octanol–water partition coefficient (Wildman–Crippen LogP) is 3.07. The Labute approximate surface area is 153 Å². The predicted molar refractivity (Wildman–Crippen MR) is 99.7 cm³/mol. The van der Waals surface area contributed by atoms with E-state index in [9.17, 15) is 9.59 Å². The van der Waals surface area contributed by atoms with E-state index in [0.717, 1.165) is 29.9 Å². The van der Waals surface area contributed by atoms with Crippen LogP contribution in [0.3, 0.4) is 0 Å². The number of amides is 2. The molecule has 5 heteroatoms. The van der Waals surface area contributed by atoms with Gasteiger partial charge in [0, 0.05) is 23.0 Å². The fourth-order valence-electron chi connectivity index (χ4n) is 4.33. The Bertz CT molecular complexity index is 882. The summed E-state index contributed by atoms with van der Waals surface area (Å²) in [5.74, 6) is 0.442. The second-order valence-corrected chi connectivity index (χ2v) is 7.29. The van der Waals surface area contributed by atoms with Crippen LogP contribution in [-0.4, -0.2) is 16.4 Å². The van der Waals surface area contributed by atoms with Crippen LogP contribution < -0.4 is 10.9 Å². The number of aryl methyl sites for hydroxylation is 1. The molecule has 26 heavy (non-hydrogen) atoms. The molecule has 2 N–H and O–H groups in total. The average molecular weight is 349 g/mol. The van der Waals surface area contributed by atoms with Gasteiger partial charge in [0.2, 0.25) is 5.91 Å². The van der Waals surface area contributed by atoms with Gasteiger partial charge in [0.05, 0.1) is 5.56 Å². The molecule has 5 nitrogen and oxygen atoms in total. The first kappa shape index (κ1) is 16.6. The summed E-state index contributed by atoms with van der Waals surface area (Å²) < 4.78 is 2.04. The van der Waals surface area contributed by atoms with E-state index in [4.69, 9.17) is 0 Å². The molecule has 134 valence electrons. The molecule has 0 unspecified atom stereocenters. The largest absolute Gasteiger partial charge is 0.318 e. The number of rotatable bonds is 3. The molecule has 0 saturated heterocycles. The molecule has 3 atom stereocenters. The number of fused-ring (bicyclic) bond motifs is 2. The maximum absolute atomic E-state index is 12.6. The van der Waals surface area contributed by atoms with Gasteiger partial charge in [-0.3, -0.25) is 20.4 Å². The summed E-state index contributed by atoms with van der Waals surface area (Å²) in [7, 11) is 0. The van der Waals surface area contributed by atoms with Gasteiger partial charge >= 0.3 is 0 Å². The highest BCUT2D eigenvalue weighted by molar-refractivity contribution is 5.97. The highest BCUT2D eigenvalue weighted by atomic mass is 16.2. The Kier molecular flexibility index (Phi) is 4.15. The molecule has 1 aromatic heterocycles. The van der Waals surface area contributed by atoms with Crippen molar-refractivity contribution < 1.29 is 9.59 Å². The summed E-state index contributed by atoms with van der Waals surface area (Å²) in [6.07, 6.45) is 6.27. The van der Waals surface area contributed by atoms with Gasteiger partial charge in [0.25, 0.3) is 5.91 Å². The number of hydrogen-bond donors (Lipinski definition) is 2. The fourth-order valence-corrected chi connectivity index (χ4v) is 4.33. The second-order valence-electron chi connectivity index (χ2n) is 7.29. The van der Waals surface area contributed by atoms with E-state index in [0.29, 0.717) is 17.4 Å². The van der Waals surface area contributed by atoms with Crippen molar-refractivity contribution in [2.75, 3.05) is 0 Å². The summed E-state index contributed by atoms with van der Waals surface area (Å²) >= 11 is 0. The zero-order valence-corrected chi connectivity index (χ0v) is 15.0. The minimum absolute atomic E-state index is 0.0259. The van der Waals surface area contributed by atoms with Crippen LogP contribution in [0.25, 0.3) is 5.69 Å². The number of nitrogens with one attached hydrogen (secondary N) is 2. The number of nitrogens with zero attached hydrogens (tertiary/aromatic N) is 1. The first-order chi connectivity index (χ1) is 12.5. The summed E-state index contributed by atoms with van der Waals surface area (Å²) in [6, 6.07) is 11.8. The van der Waals surface area contributed by atoms with E-state index in [-0.39, 0.29) is 17.7 Å². The number of carbonyl (C=O) groups excluding carboxylic acids is 2. The van der Waals surface area contributed by atoms with E-state index in [1.807, 2.05) is 54.8 Å². The molecule has 2 aliphatic carbocycles. The molecule has 1 heterocycles. The van der Waals surface area contributed by atoms with Crippen molar-refractivity contribution in [3.05, 3.63) is 65.5 Å². The van der Waals surface area contributed by atoms with Crippen molar-refractivity contribution in [3.63, 3.8) is 0 Å². The van der Waals surface area contributed by atoms with Gasteiger partial charge in [0.15, 0.2) is 0 Å². The Morgan fingerprint density at radius 2 is 1.81 bits per heavy atom. The number of para-hydroxylation sites is 1. The third-order valence-electron chi connectivity index (χ3n) is 5.61. The number of aromatic nitrogens is 1. The van der Waals surface area contributed by atoms with Crippen LogP contribution in [0.15, 0.2) is 48.6 Å². The minimum Gasteiger partial charge on any atom is -0.318 e. The van der Waals surface area contributed by atoms with Gasteiger partial charge in [-0.2, -0.15) is 0 Å². The fraction of sp³-hybridized carbons (Fsp3) is 0.333. The quantitative estimate of drug-likeness (QED) is 0.661. The van der Waals surface area contributed by atoms with Crippen LogP contribution in [0.2, 0.25) is 0 Å². The van der Waals surface area contributed by atoms with Crippen molar-refractivity contribution in [1.29, 1.82) is 0 Å². The van der Waals surface area contributed by atoms with Gasteiger partial charge < -0.3 is 4.57 Å². The first-order valence-corrected chi connectivity index (χ1v) is 9.07. The number of hydrazine groups is 1. The molecule has 4 rings (SSSR count). The zero-order chi connectivity index (χ0) is 18.3. The topological polar surface area (TPSA) is 63.1 Å². The molecule has 2 amide bonds. The van der Waals surface area contributed by atoms with Gasteiger partial charge in [-0.05, 0) is 56.7 Å². The monoisotopic (exact) mass is 349 g/mol. The van der Waals surface area contributed by atoms with Crippen molar-refractivity contribution in [1.82, 2.24) is 15.4 Å². The van der Waals surface area contributed by atoms with E-state index in [1.54, 1.807) is 0 Å². The zero-order valence-electron chi connectivity index (χ0n) is 15.0. The molecule has 1 fully saturated rings. The Morgan fingerprint density at radius 3 is 2.46 bits per heavy atom. The number of benzene rings is 1. The van der Waals surface area contributed by atoms with Crippen LogP contribution in [0.1, 0.15) is 34.6 Å². The maximum Gasteiger partial charge on any atom is 0.271 e. The third-order valence-corrected chi connectivity index (χ3v) is 5.61. The van der Waals surface area contributed by atoms with Crippen molar-refractivity contribution >= 4 is 11.8 Å². The standard InChI is InChI=1S/C21H23N3O2/c1-13-10-18(14(2)24(13)17-6-4-3-5-7-17)20(25)22-23-21(26)19-12-15-8-9-16(19)11-15/h3-10,15-16,19H,11-12H2,1-2H3,(H,22,25)(H,23,26)/t15-,16-,19+/m0/s1. The lowest BCUT2D eigenvalue weighted by molar-refractivity contribution is -0.126. The Morgan fingerprint density at radius 1 is 1.04 bits per heavy atom. The molecule has 2 aliphatic rings. The summed E-state index contributed by atoms with van der Waals surface area (Å²) in [4.78, 5) is 25.0. The lowest BCUT2D eigenvalue weighted by Gasteiger charge is -2.17. The van der Waals surface area contributed by atoms with Crippen molar-refractivity contribution in [3.8, 4) is 5.69 Å². The highest BCUT2D eigenvalue weighted by Crippen LogP contribution is 2.43. The molecule has 0 aliphatic heterocycles. The Hall–Kier alpha value is -2.82. The SMILES string of the molecule is Cc1cc(C(=O)NNC(=O)[C@@H]2C[C@H]3C=C[C@H]2C3)c(C)n1-c1ccccc1. The molecular weight excluding hydrogens is 326 g/mol. The van der Waals surface area contributed by atoms with E-state index < -0.39 is 0 Å². The molecular formula is C21H23N3O2. The van der Waals surface area contributed by atoms with Crippen LogP contribution in [0, 0.1) is 31.6 Å². The average Bonchev–Trinajstić information content (AvgIpc) is 3.35. The van der Waals surface area contributed by atoms with E-state index >= 15 is 0 Å². The van der Waals surface area contributed by atoms with Crippen LogP contribution in [-0.2, 0) is 4.79 Å². The van der Waals surface area contributed by atoms with Crippen LogP contribution in [0.4, 0.5) is 0 Å². The maximum atomic E-state index is 12.6. The molecule has 0 radical (unpaired) electrons. The number of carbonyl (C=O) groups is 2. The number of hydrogen-bond acceptors (Lipinski definition) is 2. The van der Waals surface area contributed by atoms with Gasteiger partial charge in [-0.15, -0.1) is 0 Å². The lowest BCUT2D eigenvalue weighted by Crippen LogP contribution is -2.45. The highest BCUT2D eigenvalue weighted by Gasteiger charge is 2.39. The van der Waals surface area contributed by atoms with E-state index in [2.05, 4.69) is 23.0 Å². The van der Waals surface area contributed by atoms with Crippen LogP contribution >= 0.6 is 0 Å². The third kappa shape index (κ3) is 2.83. The van der Waals surface area contributed by atoms with Gasteiger partial charge in [0.1, 0.15) is 0 Å².